The second kappa shape index (κ2) is 7.23. The largest absolute Gasteiger partial charge is 0.342 e. The first kappa shape index (κ1) is 16.1. The molecule has 3 rings (SSSR count). The van der Waals surface area contributed by atoms with Gasteiger partial charge in [-0.25, -0.2) is 4.98 Å². The minimum atomic E-state index is -0.0352. The van der Waals surface area contributed by atoms with Crippen molar-refractivity contribution in [2.45, 2.75) is 26.2 Å². The van der Waals surface area contributed by atoms with Crippen molar-refractivity contribution in [2.24, 2.45) is 5.92 Å². The molecule has 2 aromatic rings. The van der Waals surface area contributed by atoms with E-state index in [1.807, 2.05) is 29.3 Å². The third-order valence-corrected chi connectivity index (χ3v) is 5.69. The Hall–Kier alpha value is -1.73. The number of rotatable bonds is 4. The number of hydrogen-bond acceptors (Lipinski definition) is 5. The molecule has 122 valence electrons. The highest BCUT2D eigenvalue weighted by molar-refractivity contribution is 7.13. The van der Waals surface area contributed by atoms with Crippen LogP contribution in [0.2, 0.25) is 0 Å². The van der Waals surface area contributed by atoms with Crippen molar-refractivity contribution < 1.29 is 9.59 Å². The lowest BCUT2D eigenvalue weighted by Crippen LogP contribution is -2.42. The Balaban J connectivity index is 1.47. The quantitative estimate of drug-likeness (QED) is 0.923. The Kier molecular flexibility index (Phi) is 5.07. The van der Waals surface area contributed by atoms with Crippen molar-refractivity contribution in [3.8, 4) is 0 Å². The number of amides is 2. The molecule has 0 bridgehead atoms. The summed E-state index contributed by atoms with van der Waals surface area (Å²) < 4.78 is 0. The Morgan fingerprint density at radius 2 is 2.13 bits per heavy atom. The van der Waals surface area contributed by atoms with Gasteiger partial charge in [0.25, 0.3) is 0 Å². The number of piperidine rings is 1. The predicted molar refractivity (Wildman–Crippen MR) is 92.8 cm³/mol. The van der Waals surface area contributed by atoms with Gasteiger partial charge in [0.05, 0.1) is 6.42 Å². The molecule has 1 N–H and O–H groups in total. The van der Waals surface area contributed by atoms with E-state index in [2.05, 4.69) is 10.3 Å². The van der Waals surface area contributed by atoms with Crippen LogP contribution in [0.1, 0.15) is 22.6 Å². The molecule has 0 saturated carbocycles. The molecule has 23 heavy (non-hydrogen) atoms. The number of nitrogens with one attached hydrogen (secondary N) is 1. The topological polar surface area (TPSA) is 62.3 Å². The van der Waals surface area contributed by atoms with Crippen LogP contribution in [0.25, 0.3) is 0 Å². The Labute approximate surface area is 143 Å². The summed E-state index contributed by atoms with van der Waals surface area (Å²) in [6, 6.07) is 4.06. The number of aryl methyl sites for hydroxylation is 1. The maximum atomic E-state index is 12.3. The molecule has 2 aromatic heterocycles. The Morgan fingerprint density at radius 3 is 2.74 bits per heavy atom. The van der Waals surface area contributed by atoms with Crippen LogP contribution >= 0.6 is 22.7 Å². The number of hydrogen-bond donors (Lipinski definition) is 1. The fraction of sp³-hybridized carbons (Fsp3) is 0.438. The third kappa shape index (κ3) is 4.17. The molecule has 0 atom stereocenters. The fourth-order valence-electron chi connectivity index (χ4n) is 2.72. The zero-order valence-electron chi connectivity index (χ0n) is 12.9. The summed E-state index contributed by atoms with van der Waals surface area (Å²) in [7, 11) is 0. The van der Waals surface area contributed by atoms with E-state index in [0.29, 0.717) is 37.5 Å². The van der Waals surface area contributed by atoms with Crippen molar-refractivity contribution in [2.75, 3.05) is 18.4 Å². The van der Waals surface area contributed by atoms with Gasteiger partial charge >= 0.3 is 0 Å². The van der Waals surface area contributed by atoms with Crippen molar-refractivity contribution in [1.82, 2.24) is 9.88 Å². The maximum absolute atomic E-state index is 12.3. The van der Waals surface area contributed by atoms with Gasteiger partial charge in [0.2, 0.25) is 11.8 Å². The van der Waals surface area contributed by atoms with Crippen molar-refractivity contribution in [3.63, 3.8) is 0 Å². The lowest BCUT2D eigenvalue weighted by molar-refractivity contribution is -0.133. The summed E-state index contributed by atoms with van der Waals surface area (Å²) >= 11 is 3.09. The lowest BCUT2D eigenvalue weighted by Gasteiger charge is -2.31. The molecular formula is C16H19N3O2S2. The Bertz CT molecular complexity index is 673. The van der Waals surface area contributed by atoms with Crippen molar-refractivity contribution >= 4 is 39.6 Å². The van der Waals surface area contributed by atoms with Crippen LogP contribution in [0.4, 0.5) is 5.13 Å². The summed E-state index contributed by atoms with van der Waals surface area (Å²) in [6.45, 7) is 3.35. The van der Waals surface area contributed by atoms with E-state index < -0.39 is 0 Å². The predicted octanol–water partition coefficient (Wildman–Crippen LogP) is 2.93. The van der Waals surface area contributed by atoms with E-state index in [1.54, 1.807) is 17.5 Å². The van der Waals surface area contributed by atoms with Gasteiger partial charge in [0.15, 0.2) is 5.13 Å². The highest BCUT2D eigenvalue weighted by Gasteiger charge is 2.27. The molecule has 7 heteroatoms. The minimum absolute atomic E-state index is 0.0148. The summed E-state index contributed by atoms with van der Waals surface area (Å²) in [5, 5.41) is 5.32. The van der Waals surface area contributed by atoms with Crippen molar-refractivity contribution in [1.29, 1.82) is 0 Å². The summed E-state index contributed by atoms with van der Waals surface area (Å²) in [5.41, 5.74) is 0. The second-order valence-corrected chi connectivity index (χ2v) is 7.94. The minimum Gasteiger partial charge on any atom is -0.342 e. The molecular weight excluding hydrogens is 330 g/mol. The van der Waals surface area contributed by atoms with E-state index in [9.17, 15) is 9.59 Å². The lowest BCUT2D eigenvalue weighted by atomic mass is 9.96. The highest BCUT2D eigenvalue weighted by atomic mass is 32.1. The van der Waals surface area contributed by atoms with E-state index in [4.69, 9.17) is 0 Å². The first-order valence-electron chi connectivity index (χ1n) is 7.65. The highest BCUT2D eigenvalue weighted by Crippen LogP contribution is 2.22. The molecule has 3 heterocycles. The van der Waals surface area contributed by atoms with Crippen LogP contribution in [0.3, 0.4) is 0 Å². The maximum Gasteiger partial charge on any atom is 0.229 e. The van der Waals surface area contributed by atoms with Crippen LogP contribution in [-0.4, -0.2) is 34.8 Å². The normalized spacial score (nSPS) is 15.6. The monoisotopic (exact) mass is 349 g/mol. The number of nitrogens with zero attached hydrogens (tertiary/aromatic N) is 2. The standard InChI is InChI=1S/C16H19N3O2S2/c1-11-2-3-13(23-11)10-14(20)19-7-4-12(5-8-19)15(21)18-16-17-6-9-22-16/h2-3,6,9,12H,4-5,7-8,10H2,1H3,(H,17,18,21). The molecule has 0 unspecified atom stereocenters. The van der Waals surface area contributed by atoms with Crippen molar-refractivity contribution in [3.05, 3.63) is 33.5 Å². The molecule has 1 fully saturated rings. The molecule has 0 aromatic carbocycles. The average molecular weight is 349 g/mol. The number of carbonyl (C=O) groups excluding carboxylic acids is 2. The van der Waals surface area contributed by atoms with Gasteiger partial charge in [-0.1, -0.05) is 0 Å². The van der Waals surface area contributed by atoms with Gasteiger partial charge in [0.1, 0.15) is 0 Å². The van der Waals surface area contributed by atoms with Gasteiger partial charge in [-0.15, -0.1) is 22.7 Å². The summed E-state index contributed by atoms with van der Waals surface area (Å²) in [5.74, 6) is 0.137. The average Bonchev–Trinajstić information content (AvgIpc) is 3.19. The van der Waals surface area contributed by atoms with Gasteiger partial charge in [0, 0.05) is 40.3 Å². The first-order valence-corrected chi connectivity index (χ1v) is 9.35. The summed E-state index contributed by atoms with van der Waals surface area (Å²) in [6.07, 6.45) is 3.57. The third-order valence-electron chi connectivity index (χ3n) is 4.00. The number of carbonyl (C=O) groups is 2. The summed E-state index contributed by atoms with van der Waals surface area (Å²) in [4.78, 5) is 32.8. The number of likely N-dealkylation sites (tertiary alicyclic amines) is 1. The fourth-order valence-corrected chi connectivity index (χ4v) is 4.14. The SMILES string of the molecule is Cc1ccc(CC(=O)N2CCC(C(=O)Nc3nccs3)CC2)s1. The molecule has 0 aliphatic carbocycles. The van der Waals surface area contributed by atoms with E-state index in [0.717, 1.165) is 4.88 Å². The molecule has 1 saturated heterocycles. The second-order valence-electron chi connectivity index (χ2n) is 5.67. The molecule has 0 spiro atoms. The number of aromatic nitrogens is 1. The van der Waals surface area contributed by atoms with Crippen LogP contribution in [0.5, 0.6) is 0 Å². The van der Waals surface area contributed by atoms with E-state index in [-0.39, 0.29) is 17.7 Å². The zero-order valence-corrected chi connectivity index (χ0v) is 14.6. The molecule has 0 radical (unpaired) electrons. The molecule has 1 aliphatic heterocycles. The molecule has 5 nitrogen and oxygen atoms in total. The Morgan fingerprint density at radius 1 is 1.35 bits per heavy atom. The van der Waals surface area contributed by atoms with E-state index in [1.165, 1.54) is 16.2 Å². The number of thiazole rings is 1. The van der Waals surface area contributed by atoms with Gasteiger partial charge in [-0.2, -0.15) is 0 Å². The van der Waals surface area contributed by atoms with E-state index >= 15 is 0 Å². The van der Waals surface area contributed by atoms with Gasteiger partial charge in [-0.05, 0) is 31.9 Å². The van der Waals surface area contributed by atoms with Gasteiger partial charge in [-0.3, -0.25) is 9.59 Å². The van der Waals surface area contributed by atoms with Gasteiger partial charge < -0.3 is 10.2 Å². The van der Waals surface area contributed by atoms with Crippen LogP contribution in [-0.2, 0) is 16.0 Å². The molecule has 1 aliphatic rings. The van der Waals surface area contributed by atoms with Crippen LogP contribution in [0.15, 0.2) is 23.7 Å². The smallest absolute Gasteiger partial charge is 0.229 e. The first-order chi connectivity index (χ1) is 11.1. The number of anilines is 1. The molecule has 2 amide bonds. The van der Waals surface area contributed by atoms with Crippen LogP contribution < -0.4 is 5.32 Å². The zero-order chi connectivity index (χ0) is 16.2. The number of thiophene rings is 1. The van der Waals surface area contributed by atoms with Crippen LogP contribution in [0, 0.1) is 12.8 Å².